The molecule has 0 atom stereocenters. The Morgan fingerprint density at radius 3 is 2.12 bits per heavy atom. The molecule has 4 nitrogen and oxygen atoms in total. The molecule has 0 saturated heterocycles. The van der Waals surface area contributed by atoms with E-state index >= 15 is 0 Å². The Bertz CT molecular complexity index is 617. The topological polar surface area (TPSA) is 74.6 Å². The van der Waals surface area contributed by atoms with Gasteiger partial charge in [0.2, 0.25) is 0 Å². The third-order valence-corrected chi connectivity index (χ3v) is 3.02. The maximum atomic E-state index is 11.0. The van der Waals surface area contributed by atoms with Gasteiger partial charge in [0, 0.05) is 5.39 Å². The van der Waals surface area contributed by atoms with E-state index in [1.807, 2.05) is 0 Å². The van der Waals surface area contributed by atoms with Crippen LogP contribution in [-0.2, 0) is 10.1 Å². The van der Waals surface area contributed by atoms with Gasteiger partial charge < -0.3 is 5.11 Å². The number of phenolic OH excluding ortho intramolecular Hbond substituents is 1. The van der Waals surface area contributed by atoms with Gasteiger partial charge in [-0.25, -0.2) is 0 Å². The molecule has 0 fully saturated rings. The fourth-order valence-corrected chi connectivity index (χ4v) is 2.23. The van der Waals surface area contributed by atoms with Crippen LogP contribution in [0.4, 0.5) is 0 Å². The molecule has 0 aromatic heterocycles. The first-order valence-corrected chi connectivity index (χ1v) is 5.62. The van der Waals surface area contributed by atoms with Gasteiger partial charge in [0.05, 0.1) is 0 Å². The summed E-state index contributed by atoms with van der Waals surface area (Å²) in [6.07, 6.45) is 0. The van der Waals surface area contributed by atoms with Crippen LogP contribution in [0, 0.1) is 0 Å². The van der Waals surface area contributed by atoms with E-state index in [9.17, 15) is 13.5 Å². The second kappa shape index (κ2) is 4.73. The van der Waals surface area contributed by atoms with E-state index in [0.29, 0.717) is 5.39 Å². The van der Waals surface area contributed by atoms with Gasteiger partial charge in [0.1, 0.15) is 10.6 Å². The molecule has 0 spiro atoms. The Labute approximate surface area is 115 Å². The molecule has 0 aliphatic carbocycles. The summed E-state index contributed by atoms with van der Waals surface area (Å²) >= 11 is 0. The zero-order valence-corrected chi connectivity index (χ0v) is 8.40. The van der Waals surface area contributed by atoms with Gasteiger partial charge in [-0.2, -0.15) is 8.42 Å². The third-order valence-electron chi connectivity index (χ3n) is 2.12. The van der Waals surface area contributed by atoms with E-state index in [2.05, 4.69) is 0 Å². The zero-order chi connectivity index (χ0) is 11.1. The molecule has 6 heteroatoms. The molecule has 2 aromatic carbocycles. The van der Waals surface area contributed by atoms with Crippen molar-refractivity contribution in [2.24, 2.45) is 0 Å². The van der Waals surface area contributed by atoms with Gasteiger partial charge in [0.25, 0.3) is 10.1 Å². The summed E-state index contributed by atoms with van der Waals surface area (Å²) in [5.74, 6) is -0.166. The maximum absolute atomic E-state index is 11.0. The Kier molecular flexibility index (Phi) is 3.98. The first-order chi connectivity index (χ1) is 7.00. The predicted octanol–water partition coefficient (Wildman–Crippen LogP) is 1.14. The first kappa shape index (κ1) is 13.5. The van der Waals surface area contributed by atoms with Crippen LogP contribution >= 0.6 is 0 Å². The number of hydrogen-bond acceptors (Lipinski definition) is 3. The fraction of sp³-hybridized carbons (Fsp3) is 0. The summed E-state index contributed by atoms with van der Waals surface area (Å²) in [6.45, 7) is 0. The van der Waals surface area contributed by atoms with Crippen LogP contribution in [0.1, 0.15) is 0 Å². The minimum atomic E-state index is -4.31. The molecule has 0 aliphatic heterocycles. The molecule has 80 valence electrons. The molecular weight excluding hydrogens is 239 g/mol. The van der Waals surface area contributed by atoms with Gasteiger partial charge in [-0.1, -0.05) is 24.3 Å². The number of rotatable bonds is 1. The van der Waals surface area contributed by atoms with Crippen LogP contribution in [0.3, 0.4) is 0 Å². The second-order valence-corrected chi connectivity index (χ2v) is 4.50. The van der Waals surface area contributed by atoms with Crippen LogP contribution in [0.5, 0.6) is 5.75 Å². The van der Waals surface area contributed by atoms with Gasteiger partial charge in [0.15, 0.2) is 0 Å². The van der Waals surface area contributed by atoms with E-state index in [0.717, 1.165) is 0 Å². The van der Waals surface area contributed by atoms with Crippen molar-refractivity contribution in [2.75, 3.05) is 0 Å². The van der Waals surface area contributed by atoms with Crippen molar-refractivity contribution in [3.8, 4) is 5.75 Å². The summed E-state index contributed by atoms with van der Waals surface area (Å²) < 4.78 is 31.1. The van der Waals surface area contributed by atoms with Crippen molar-refractivity contribution in [3.05, 3.63) is 36.4 Å². The molecule has 0 unspecified atom stereocenters. The number of benzene rings is 2. The van der Waals surface area contributed by atoms with Crippen LogP contribution in [0.15, 0.2) is 41.3 Å². The van der Waals surface area contributed by atoms with Crippen LogP contribution in [0.2, 0.25) is 0 Å². The van der Waals surface area contributed by atoms with Crippen molar-refractivity contribution in [1.29, 1.82) is 0 Å². The van der Waals surface area contributed by atoms with Gasteiger partial charge in [-0.05, 0) is 17.5 Å². The molecule has 0 amide bonds. The molecule has 2 rings (SSSR count). The molecule has 0 radical (unpaired) electrons. The Morgan fingerprint density at radius 1 is 1.00 bits per heavy atom. The van der Waals surface area contributed by atoms with Gasteiger partial charge >= 0.3 is 29.6 Å². The SMILES string of the molecule is O=S(=O)(O)c1cccc2cccc(O)c12.[NaH]. The van der Waals surface area contributed by atoms with E-state index in [-0.39, 0.29) is 45.6 Å². The van der Waals surface area contributed by atoms with Crippen LogP contribution in [-0.4, -0.2) is 47.6 Å². The van der Waals surface area contributed by atoms with E-state index < -0.39 is 10.1 Å². The van der Waals surface area contributed by atoms with Gasteiger partial charge in [-0.15, -0.1) is 0 Å². The standard InChI is InChI=1S/C10H8O4S.Na.H/c11-8-5-1-3-7-4-2-6-9(10(7)8)15(12,13)14;;/h1-6,11H,(H,12,13,14);;. The Morgan fingerprint density at radius 2 is 1.56 bits per heavy atom. The number of fused-ring (bicyclic) bond motifs is 1. The minimum absolute atomic E-state index is 0. The average molecular weight is 248 g/mol. The molecule has 0 saturated carbocycles. The molecule has 0 heterocycles. The van der Waals surface area contributed by atoms with E-state index in [4.69, 9.17) is 4.55 Å². The average Bonchev–Trinajstić information content (AvgIpc) is 2.16. The van der Waals surface area contributed by atoms with Crippen molar-refractivity contribution in [2.45, 2.75) is 4.90 Å². The van der Waals surface area contributed by atoms with E-state index in [1.54, 1.807) is 18.2 Å². The Balaban J connectivity index is 0.00000128. The zero-order valence-electron chi connectivity index (χ0n) is 7.58. The molecule has 0 aliphatic rings. The number of phenols is 1. The van der Waals surface area contributed by atoms with E-state index in [1.165, 1.54) is 18.2 Å². The second-order valence-electron chi connectivity index (χ2n) is 3.11. The summed E-state index contributed by atoms with van der Waals surface area (Å²) in [4.78, 5) is -0.280. The molecular formula is C10H9NaO4S. The molecule has 2 aromatic rings. The molecule has 2 N–H and O–H groups in total. The van der Waals surface area contributed by atoms with Gasteiger partial charge in [-0.3, -0.25) is 4.55 Å². The molecule has 0 bridgehead atoms. The van der Waals surface area contributed by atoms with Crippen molar-refractivity contribution in [3.63, 3.8) is 0 Å². The van der Waals surface area contributed by atoms with Crippen molar-refractivity contribution >= 4 is 50.4 Å². The summed E-state index contributed by atoms with van der Waals surface area (Å²) in [6, 6.07) is 9.04. The Hall–Kier alpha value is -0.590. The van der Waals surface area contributed by atoms with Crippen LogP contribution in [0.25, 0.3) is 10.8 Å². The predicted molar refractivity (Wildman–Crippen MR) is 62.6 cm³/mol. The van der Waals surface area contributed by atoms with Crippen molar-refractivity contribution in [1.82, 2.24) is 0 Å². The normalized spacial score (nSPS) is 11.1. The van der Waals surface area contributed by atoms with Crippen molar-refractivity contribution < 1.29 is 18.1 Å². The summed E-state index contributed by atoms with van der Waals surface area (Å²) in [7, 11) is -4.31. The first-order valence-electron chi connectivity index (χ1n) is 4.18. The number of hydrogen-bond donors (Lipinski definition) is 2. The monoisotopic (exact) mass is 248 g/mol. The summed E-state index contributed by atoms with van der Waals surface area (Å²) in [5, 5.41) is 10.2. The summed E-state index contributed by atoms with van der Waals surface area (Å²) in [5.41, 5.74) is 0. The third kappa shape index (κ3) is 2.39. The molecule has 16 heavy (non-hydrogen) atoms. The fourth-order valence-electron chi connectivity index (χ4n) is 1.50. The quantitative estimate of drug-likeness (QED) is 0.586. The van der Waals surface area contributed by atoms with Crippen LogP contribution < -0.4 is 0 Å². The number of aromatic hydroxyl groups is 1.